The molecule has 12 heavy (non-hydrogen) atoms. The molecule has 1 saturated heterocycles. The SMILES string of the molecule is C[C@@H]1CN(CC(=O)O)[C@@H](C)CO1. The molecule has 1 rings (SSSR count). The Bertz CT molecular complexity index is 172. The summed E-state index contributed by atoms with van der Waals surface area (Å²) in [4.78, 5) is 12.4. The van der Waals surface area contributed by atoms with E-state index in [1.54, 1.807) is 0 Å². The number of aliphatic carboxylic acids is 1. The lowest BCUT2D eigenvalue weighted by molar-refractivity contribution is -0.141. The fourth-order valence-corrected chi connectivity index (χ4v) is 1.37. The van der Waals surface area contributed by atoms with Gasteiger partial charge < -0.3 is 9.84 Å². The molecule has 0 aromatic rings. The normalized spacial score (nSPS) is 31.8. The number of hydrogen-bond acceptors (Lipinski definition) is 3. The summed E-state index contributed by atoms with van der Waals surface area (Å²) in [5.74, 6) is -0.768. The highest BCUT2D eigenvalue weighted by Gasteiger charge is 2.24. The van der Waals surface area contributed by atoms with Gasteiger partial charge in [0, 0.05) is 12.6 Å². The molecule has 0 amide bonds. The molecule has 0 saturated carbocycles. The molecule has 0 radical (unpaired) electrons. The molecule has 0 aliphatic carbocycles. The number of nitrogens with zero attached hydrogens (tertiary/aromatic N) is 1. The highest BCUT2D eigenvalue weighted by atomic mass is 16.5. The summed E-state index contributed by atoms with van der Waals surface area (Å²) in [5.41, 5.74) is 0. The van der Waals surface area contributed by atoms with Crippen LogP contribution in [0.15, 0.2) is 0 Å². The van der Waals surface area contributed by atoms with E-state index >= 15 is 0 Å². The third kappa shape index (κ3) is 2.46. The van der Waals surface area contributed by atoms with Crippen LogP contribution in [0, 0.1) is 0 Å². The first-order valence-corrected chi connectivity index (χ1v) is 4.17. The molecule has 1 fully saturated rings. The van der Waals surface area contributed by atoms with Crippen LogP contribution < -0.4 is 0 Å². The zero-order valence-electron chi connectivity index (χ0n) is 7.49. The molecular formula is C8H15NO3. The lowest BCUT2D eigenvalue weighted by atomic mass is 10.2. The summed E-state index contributed by atoms with van der Waals surface area (Å²) < 4.78 is 5.37. The summed E-state index contributed by atoms with van der Waals surface area (Å²) in [6.07, 6.45) is 0.153. The van der Waals surface area contributed by atoms with Gasteiger partial charge in [-0.3, -0.25) is 9.69 Å². The van der Waals surface area contributed by atoms with Gasteiger partial charge in [0.1, 0.15) is 0 Å². The molecular weight excluding hydrogens is 158 g/mol. The smallest absolute Gasteiger partial charge is 0.317 e. The topological polar surface area (TPSA) is 49.8 Å². The van der Waals surface area contributed by atoms with Gasteiger partial charge in [0.05, 0.1) is 19.3 Å². The van der Waals surface area contributed by atoms with Gasteiger partial charge in [-0.15, -0.1) is 0 Å². The Labute approximate surface area is 72.1 Å². The number of hydrogen-bond donors (Lipinski definition) is 1. The zero-order valence-corrected chi connectivity index (χ0v) is 7.49. The number of ether oxygens (including phenoxy) is 1. The highest BCUT2D eigenvalue weighted by molar-refractivity contribution is 5.69. The van der Waals surface area contributed by atoms with Gasteiger partial charge in [0.2, 0.25) is 0 Å². The van der Waals surface area contributed by atoms with Crippen LogP contribution in [0.5, 0.6) is 0 Å². The van der Waals surface area contributed by atoms with Crippen molar-refractivity contribution < 1.29 is 14.6 Å². The first-order chi connectivity index (χ1) is 5.59. The van der Waals surface area contributed by atoms with Crippen molar-refractivity contribution in [2.24, 2.45) is 0 Å². The minimum Gasteiger partial charge on any atom is -0.480 e. The van der Waals surface area contributed by atoms with Crippen molar-refractivity contribution in [2.75, 3.05) is 19.7 Å². The van der Waals surface area contributed by atoms with Crippen molar-refractivity contribution >= 4 is 5.97 Å². The summed E-state index contributed by atoms with van der Waals surface area (Å²) >= 11 is 0. The van der Waals surface area contributed by atoms with Crippen molar-refractivity contribution in [3.63, 3.8) is 0 Å². The van der Waals surface area contributed by atoms with E-state index < -0.39 is 5.97 Å². The quantitative estimate of drug-likeness (QED) is 0.647. The molecule has 1 N–H and O–H groups in total. The molecule has 0 aromatic carbocycles. The largest absolute Gasteiger partial charge is 0.480 e. The summed E-state index contributed by atoms with van der Waals surface area (Å²) in [5, 5.41) is 8.59. The Morgan fingerprint density at radius 2 is 2.33 bits per heavy atom. The van der Waals surface area contributed by atoms with Crippen LogP contribution in [0.4, 0.5) is 0 Å². The first-order valence-electron chi connectivity index (χ1n) is 4.17. The van der Waals surface area contributed by atoms with Crippen LogP contribution in [0.25, 0.3) is 0 Å². The lowest BCUT2D eigenvalue weighted by Crippen LogP contribution is -2.49. The molecule has 1 aliphatic rings. The van der Waals surface area contributed by atoms with Gasteiger partial charge in [0.25, 0.3) is 0 Å². The molecule has 0 spiro atoms. The Morgan fingerprint density at radius 3 is 2.92 bits per heavy atom. The molecule has 4 nitrogen and oxygen atoms in total. The number of rotatable bonds is 2. The maximum Gasteiger partial charge on any atom is 0.317 e. The summed E-state index contributed by atoms with van der Waals surface area (Å²) in [6, 6.07) is 0.220. The van der Waals surface area contributed by atoms with E-state index in [0.29, 0.717) is 13.2 Å². The van der Waals surface area contributed by atoms with Crippen molar-refractivity contribution in [1.82, 2.24) is 4.90 Å². The Kier molecular flexibility index (Phi) is 3.05. The van der Waals surface area contributed by atoms with Gasteiger partial charge in [-0.05, 0) is 13.8 Å². The average Bonchev–Trinajstić information content (AvgIpc) is 1.96. The monoisotopic (exact) mass is 173 g/mol. The molecule has 1 heterocycles. The maximum absolute atomic E-state index is 10.4. The van der Waals surface area contributed by atoms with Crippen LogP contribution in [0.1, 0.15) is 13.8 Å². The predicted octanol–water partition coefficient (Wildman–Crippen LogP) is 0.180. The van der Waals surface area contributed by atoms with E-state index in [-0.39, 0.29) is 18.7 Å². The molecule has 0 unspecified atom stereocenters. The minimum atomic E-state index is -0.768. The van der Waals surface area contributed by atoms with Crippen molar-refractivity contribution in [1.29, 1.82) is 0 Å². The van der Waals surface area contributed by atoms with Crippen LogP contribution in [-0.4, -0.2) is 47.8 Å². The number of carbonyl (C=O) groups is 1. The minimum absolute atomic E-state index is 0.120. The standard InChI is InChI=1S/C8H15NO3/c1-6-5-12-7(2)3-9(6)4-8(10)11/h6-7H,3-5H2,1-2H3,(H,10,11)/t6-,7+/m0/s1. The Balaban J connectivity index is 2.43. The van der Waals surface area contributed by atoms with Gasteiger partial charge in [-0.25, -0.2) is 0 Å². The van der Waals surface area contributed by atoms with Gasteiger partial charge in [-0.1, -0.05) is 0 Å². The van der Waals surface area contributed by atoms with Crippen molar-refractivity contribution in [2.45, 2.75) is 26.0 Å². The molecule has 0 bridgehead atoms. The Morgan fingerprint density at radius 1 is 1.67 bits per heavy atom. The van der Waals surface area contributed by atoms with E-state index in [1.165, 1.54) is 0 Å². The summed E-state index contributed by atoms with van der Waals surface area (Å²) in [6.45, 7) is 5.41. The van der Waals surface area contributed by atoms with Gasteiger partial charge in [0.15, 0.2) is 0 Å². The second kappa shape index (κ2) is 3.87. The van der Waals surface area contributed by atoms with Gasteiger partial charge >= 0.3 is 5.97 Å². The van der Waals surface area contributed by atoms with Crippen LogP contribution in [0.2, 0.25) is 0 Å². The Hall–Kier alpha value is -0.610. The van der Waals surface area contributed by atoms with Crippen LogP contribution >= 0.6 is 0 Å². The zero-order chi connectivity index (χ0) is 9.14. The van der Waals surface area contributed by atoms with Crippen molar-refractivity contribution in [3.05, 3.63) is 0 Å². The number of carboxylic acids is 1. The average molecular weight is 173 g/mol. The lowest BCUT2D eigenvalue weighted by Gasteiger charge is -2.35. The van der Waals surface area contributed by atoms with Crippen LogP contribution in [-0.2, 0) is 9.53 Å². The fourth-order valence-electron chi connectivity index (χ4n) is 1.37. The van der Waals surface area contributed by atoms with Crippen molar-refractivity contribution in [3.8, 4) is 0 Å². The van der Waals surface area contributed by atoms with E-state index in [9.17, 15) is 4.79 Å². The third-order valence-corrected chi connectivity index (χ3v) is 2.08. The number of carboxylic acid groups (broad SMARTS) is 1. The molecule has 0 aromatic heterocycles. The molecule has 2 atom stereocenters. The van der Waals surface area contributed by atoms with E-state index in [1.807, 2.05) is 18.7 Å². The first kappa shape index (κ1) is 9.48. The molecule has 4 heteroatoms. The molecule has 1 aliphatic heterocycles. The number of morpholine rings is 1. The van der Waals surface area contributed by atoms with E-state index in [2.05, 4.69) is 0 Å². The second-order valence-corrected chi connectivity index (χ2v) is 3.32. The predicted molar refractivity (Wildman–Crippen MR) is 44.1 cm³/mol. The van der Waals surface area contributed by atoms with Crippen LogP contribution in [0.3, 0.4) is 0 Å². The summed E-state index contributed by atoms with van der Waals surface area (Å²) in [7, 11) is 0. The third-order valence-electron chi connectivity index (χ3n) is 2.08. The van der Waals surface area contributed by atoms with E-state index in [4.69, 9.17) is 9.84 Å². The molecule has 70 valence electrons. The fraction of sp³-hybridized carbons (Fsp3) is 0.875. The van der Waals surface area contributed by atoms with Gasteiger partial charge in [-0.2, -0.15) is 0 Å². The van der Waals surface area contributed by atoms with E-state index in [0.717, 1.165) is 0 Å². The highest BCUT2D eigenvalue weighted by Crippen LogP contribution is 2.10. The second-order valence-electron chi connectivity index (χ2n) is 3.32. The maximum atomic E-state index is 10.4.